The number of hydrogen-bond acceptors (Lipinski definition) is 4. The van der Waals surface area contributed by atoms with Gasteiger partial charge in [-0.1, -0.05) is 6.07 Å². The molecule has 1 atom stereocenters. The van der Waals surface area contributed by atoms with Crippen molar-refractivity contribution in [2.45, 2.75) is 19.9 Å². The average Bonchev–Trinajstić information content (AvgIpc) is 2.64. The summed E-state index contributed by atoms with van der Waals surface area (Å²) < 4.78 is 28.5. The molecule has 8 heteroatoms. The van der Waals surface area contributed by atoms with Crippen molar-refractivity contribution in [2.75, 3.05) is 5.73 Å². The molecule has 20 heavy (non-hydrogen) atoms. The first-order chi connectivity index (χ1) is 9.34. The predicted octanol–water partition coefficient (Wildman–Crippen LogP) is 2.57. The van der Waals surface area contributed by atoms with Gasteiger partial charge in [-0.15, -0.1) is 0 Å². The van der Waals surface area contributed by atoms with E-state index in [1.807, 2.05) is 0 Å². The maximum atomic E-state index is 13.7. The van der Waals surface area contributed by atoms with Crippen LogP contribution in [0.3, 0.4) is 0 Å². The van der Waals surface area contributed by atoms with E-state index in [-0.39, 0.29) is 22.8 Å². The van der Waals surface area contributed by atoms with Gasteiger partial charge in [-0.25, -0.2) is 13.5 Å². The Hall–Kier alpha value is -2.51. The van der Waals surface area contributed by atoms with E-state index in [0.29, 0.717) is 0 Å². The van der Waals surface area contributed by atoms with Gasteiger partial charge in [0.05, 0.1) is 11.0 Å². The van der Waals surface area contributed by atoms with Gasteiger partial charge in [0.15, 0.2) is 0 Å². The zero-order valence-electron chi connectivity index (χ0n) is 10.8. The third-order valence-corrected chi connectivity index (χ3v) is 3.06. The summed E-state index contributed by atoms with van der Waals surface area (Å²) in [4.78, 5) is 10.2. The zero-order chi connectivity index (χ0) is 15.0. The van der Waals surface area contributed by atoms with Crippen LogP contribution in [-0.2, 0) is 0 Å². The Balaban J connectivity index is 2.58. The second-order valence-electron chi connectivity index (χ2n) is 4.33. The van der Waals surface area contributed by atoms with Crippen molar-refractivity contribution < 1.29 is 13.7 Å². The Morgan fingerprint density at radius 2 is 1.95 bits per heavy atom. The fourth-order valence-electron chi connectivity index (χ4n) is 2.11. The van der Waals surface area contributed by atoms with Gasteiger partial charge in [0, 0.05) is 5.56 Å². The largest absolute Gasteiger partial charge is 0.378 e. The van der Waals surface area contributed by atoms with Gasteiger partial charge in [-0.05, 0) is 26.0 Å². The fraction of sp³-hybridized carbons (Fsp3) is 0.250. The number of halogens is 2. The van der Waals surface area contributed by atoms with Crippen molar-refractivity contribution in [3.8, 4) is 0 Å². The van der Waals surface area contributed by atoms with Crippen LogP contribution >= 0.6 is 0 Å². The third-order valence-electron chi connectivity index (χ3n) is 3.06. The number of benzene rings is 1. The highest BCUT2D eigenvalue weighted by atomic mass is 19.1. The molecule has 0 saturated carbocycles. The normalized spacial score (nSPS) is 12.4. The minimum absolute atomic E-state index is 0.0936. The molecule has 0 aliphatic rings. The highest BCUT2D eigenvalue weighted by molar-refractivity contribution is 5.56. The molecule has 0 saturated heterocycles. The SMILES string of the molecule is Cc1nn(C(C)c2c(F)cccc2F)c(N)c1[N+](=O)[O-]. The molecule has 106 valence electrons. The Kier molecular flexibility index (Phi) is 3.39. The number of nitrogen functional groups attached to an aromatic ring is 1. The Bertz CT molecular complexity index is 664. The molecule has 0 spiro atoms. The van der Waals surface area contributed by atoms with Gasteiger partial charge < -0.3 is 5.73 Å². The molecule has 1 heterocycles. The smallest absolute Gasteiger partial charge is 0.333 e. The first-order valence-electron chi connectivity index (χ1n) is 5.77. The van der Waals surface area contributed by atoms with Gasteiger partial charge in [0.2, 0.25) is 5.82 Å². The van der Waals surface area contributed by atoms with E-state index in [0.717, 1.165) is 16.8 Å². The standard InChI is InChI=1S/C12H12F2N4O2/c1-6-11(18(19)20)12(15)17(16-6)7(2)10-8(13)4-3-5-9(10)14/h3-5,7H,15H2,1-2H3. The molecule has 6 nitrogen and oxygen atoms in total. The molecule has 2 N–H and O–H groups in total. The van der Waals surface area contributed by atoms with Gasteiger partial charge >= 0.3 is 5.69 Å². The van der Waals surface area contributed by atoms with E-state index in [4.69, 9.17) is 5.73 Å². The number of rotatable bonds is 3. The van der Waals surface area contributed by atoms with Crippen LogP contribution < -0.4 is 5.73 Å². The van der Waals surface area contributed by atoms with Crippen molar-refractivity contribution in [3.05, 3.63) is 51.2 Å². The molecule has 2 rings (SSSR count). The minimum atomic E-state index is -0.899. The van der Waals surface area contributed by atoms with Crippen LogP contribution in [0.4, 0.5) is 20.3 Å². The summed E-state index contributed by atoms with van der Waals surface area (Å²) in [5, 5.41) is 14.8. The monoisotopic (exact) mass is 282 g/mol. The Morgan fingerprint density at radius 3 is 2.40 bits per heavy atom. The van der Waals surface area contributed by atoms with E-state index in [1.54, 1.807) is 0 Å². The molecular formula is C12H12F2N4O2. The van der Waals surface area contributed by atoms with Crippen LogP contribution in [0.15, 0.2) is 18.2 Å². The summed E-state index contributed by atoms with van der Waals surface area (Å²) in [6, 6.07) is 2.55. The summed E-state index contributed by atoms with van der Waals surface area (Å²) >= 11 is 0. The molecule has 0 radical (unpaired) electrons. The van der Waals surface area contributed by atoms with E-state index in [9.17, 15) is 18.9 Å². The molecular weight excluding hydrogens is 270 g/mol. The second-order valence-corrected chi connectivity index (χ2v) is 4.33. The average molecular weight is 282 g/mol. The van der Waals surface area contributed by atoms with Crippen LogP contribution in [0.2, 0.25) is 0 Å². The van der Waals surface area contributed by atoms with Gasteiger partial charge in [-0.3, -0.25) is 10.1 Å². The number of nitro groups is 1. The van der Waals surface area contributed by atoms with Crippen molar-refractivity contribution in [1.29, 1.82) is 0 Å². The van der Waals surface area contributed by atoms with Gasteiger partial charge in [-0.2, -0.15) is 5.10 Å². The zero-order valence-corrected chi connectivity index (χ0v) is 10.8. The highest BCUT2D eigenvalue weighted by Crippen LogP contribution is 2.31. The number of hydrogen-bond donors (Lipinski definition) is 1. The molecule has 2 aromatic rings. The van der Waals surface area contributed by atoms with Gasteiger partial charge in [0.25, 0.3) is 0 Å². The highest BCUT2D eigenvalue weighted by Gasteiger charge is 2.28. The van der Waals surface area contributed by atoms with Crippen molar-refractivity contribution in [2.24, 2.45) is 0 Å². The molecule has 1 aromatic heterocycles. The number of aryl methyl sites for hydroxylation is 1. The number of nitrogens with two attached hydrogens (primary N) is 1. The second kappa shape index (κ2) is 4.87. The van der Waals surface area contributed by atoms with Gasteiger partial charge in [0.1, 0.15) is 17.3 Å². The molecule has 0 fully saturated rings. The fourth-order valence-corrected chi connectivity index (χ4v) is 2.11. The van der Waals surface area contributed by atoms with E-state index in [1.165, 1.54) is 19.9 Å². The topological polar surface area (TPSA) is 87.0 Å². The summed E-state index contributed by atoms with van der Waals surface area (Å²) in [5.74, 6) is -1.75. The molecule has 0 aliphatic carbocycles. The first kappa shape index (κ1) is 13.9. The van der Waals surface area contributed by atoms with E-state index >= 15 is 0 Å². The van der Waals surface area contributed by atoms with Crippen LogP contribution in [0.1, 0.15) is 24.2 Å². The van der Waals surface area contributed by atoms with Crippen molar-refractivity contribution in [3.63, 3.8) is 0 Å². The van der Waals surface area contributed by atoms with Crippen LogP contribution in [-0.4, -0.2) is 14.7 Å². The van der Waals surface area contributed by atoms with Crippen LogP contribution in [0, 0.1) is 28.7 Å². The van der Waals surface area contributed by atoms with Crippen LogP contribution in [0.25, 0.3) is 0 Å². The number of nitrogens with zero attached hydrogens (tertiary/aromatic N) is 3. The predicted molar refractivity (Wildman–Crippen MR) is 68.2 cm³/mol. The number of anilines is 1. The lowest BCUT2D eigenvalue weighted by Crippen LogP contribution is -2.15. The lowest BCUT2D eigenvalue weighted by atomic mass is 10.1. The molecule has 1 unspecified atom stereocenters. The molecule has 1 aromatic carbocycles. The van der Waals surface area contributed by atoms with E-state index < -0.39 is 22.6 Å². The summed E-state index contributed by atoms with van der Waals surface area (Å²) in [5.41, 5.74) is 5.16. The lowest BCUT2D eigenvalue weighted by molar-refractivity contribution is -0.384. The lowest BCUT2D eigenvalue weighted by Gasteiger charge is -2.15. The Morgan fingerprint density at radius 1 is 1.40 bits per heavy atom. The van der Waals surface area contributed by atoms with Crippen molar-refractivity contribution >= 4 is 11.5 Å². The maximum Gasteiger partial charge on any atom is 0.333 e. The molecule has 0 aliphatic heterocycles. The van der Waals surface area contributed by atoms with Crippen LogP contribution in [0.5, 0.6) is 0 Å². The summed E-state index contributed by atoms with van der Waals surface area (Å²) in [7, 11) is 0. The minimum Gasteiger partial charge on any atom is -0.378 e. The quantitative estimate of drug-likeness (QED) is 0.692. The first-order valence-corrected chi connectivity index (χ1v) is 5.77. The summed E-state index contributed by atoms with van der Waals surface area (Å²) in [6.07, 6.45) is 0. The number of aromatic nitrogens is 2. The maximum absolute atomic E-state index is 13.7. The Labute approximate surface area is 113 Å². The molecule has 0 bridgehead atoms. The molecule has 0 amide bonds. The third kappa shape index (κ3) is 2.09. The van der Waals surface area contributed by atoms with Crippen molar-refractivity contribution in [1.82, 2.24) is 9.78 Å². The summed E-state index contributed by atoms with van der Waals surface area (Å²) in [6.45, 7) is 2.88. The van der Waals surface area contributed by atoms with E-state index in [2.05, 4.69) is 5.10 Å².